The Hall–Kier alpha value is -2.84. The minimum absolute atomic E-state index is 0.0764. The fraction of sp³-hybridized carbons (Fsp3) is 0.458. The number of aromatic hydroxyl groups is 1. The van der Waals surface area contributed by atoms with Crippen LogP contribution in [-0.2, 0) is 16.1 Å². The van der Waals surface area contributed by atoms with Gasteiger partial charge in [0.25, 0.3) is 0 Å². The van der Waals surface area contributed by atoms with Crippen LogP contribution in [0, 0.1) is 12.3 Å². The average Bonchev–Trinajstić information content (AvgIpc) is 3.11. The average molecular weight is 473 g/mol. The fourth-order valence-electron chi connectivity index (χ4n) is 4.06. The van der Waals surface area contributed by atoms with E-state index in [9.17, 15) is 14.7 Å². The van der Waals surface area contributed by atoms with Crippen LogP contribution in [0.25, 0.3) is 22.3 Å². The molecule has 0 atom stereocenters. The van der Waals surface area contributed by atoms with Crippen LogP contribution < -0.4 is 10.7 Å². The second-order valence-corrected chi connectivity index (χ2v) is 9.93. The third-order valence-corrected chi connectivity index (χ3v) is 6.31. The Morgan fingerprint density at radius 2 is 2.03 bits per heavy atom. The number of ether oxygens (including phenoxy) is 1. The van der Waals surface area contributed by atoms with E-state index in [0.29, 0.717) is 47.1 Å². The smallest absolute Gasteiger partial charge is 0.235 e. The number of nitrogens with one attached hydrogen (secondary N) is 2. The van der Waals surface area contributed by atoms with Gasteiger partial charge in [-0.25, -0.2) is 4.68 Å². The van der Waals surface area contributed by atoms with Crippen LogP contribution in [0.15, 0.2) is 23.0 Å². The molecule has 1 aromatic carbocycles. The van der Waals surface area contributed by atoms with E-state index < -0.39 is 16.6 Å². The third kappa shape index (κ3) is 4.50. The molecule has 4 rings (SSSR count). The van der Waals surface area contributed by atoms with Gasteiger partial charge in [0.2, 0.25) is 11.3 Å². The van der Waals surface area contributed by atoms with Crippen molar-refractivity contribution in [2.24, 2.45) is 5.41 Å². The molecule has 176 valence electrons. The zero-order valence-corrected chi connectivity index (χ0v) is 20.0. The number of pyridine rings is 1. The number of nitrogens with zero attached hydrogens (tertiary/aromatic N) is 2. The van der Waals surface area contributed by atoms with Crippen molar-refractivity contribution in [3.63, 3.8) is 0 Å². The summed E-state index contributed by atoms with van der Waals surface area (Å²) in [6.45, 7) is 8.86. The number of fused-ring (bicyclic) bond motifs is 1. The number of H-pyrrole nitrogens is 1. The van der Waals surface area contributed by atoms with Gasteiger partial charge in [-0.2, -0.15) is 5.10 Å². The van der Waals surface area contributed by atoms with Gasteiger partial charge in [-0.15, -0.1) is 0 Å². The maximum atomic E-state index is 13.1. The molecule has 0 radical (unpaired) electrons. The lowest BCUT2D eigenvalue weighted by molar-refractivity contribution is -0.128. The van der Waals surface area contributed by atoms with E-state index in [1.165, 1.54) is 0 Å². The van der Waals surface area contributed by atoms with Crippen LogP contribution in [0.3, 0.4) is 0 Å². The number of benzene rings is 1. The number of halogens is 1. The monoisotopic (exact) mass is 472 g/mol. The fourth-order valence-corrected chi connectivity index (χ4v) is 4.27. The molecule has 0 bridgehead atoms. The topological polar surface area (TPSA) is 109 Å². The van der Waals surface area contributed by atoms with Crippen molar-refractivity contribution >= 4 is 28.5 Å². The standard InChI is InChI=1S/C24H29ClN4O4/c1-13-18-20(30)21(31)19(27-22(18)29(28-13)15-7-9-33-10-8-15)16-11-14(5-6-17(16)25)12-26-23(32)24(2,3)4/h5-6,11,15,31H,7-10,12H2,1-4H3,(H,26,32)(H,27,30). The summed E-state index contributed by atoms with van der Waals surface area (Å²) in [5.41, 5.74) is 1.62. The molecule has 1 fully saturated rings. The Labute approximate surface area is 196 Å². The second-order valence-electron chi connectivity index (χ2n) is 9.52. The first-order valence-electron chi connectivity index (χ1n) is 11.1. The highest BCUT2D eigenvalue weighted by Gasteiger charge is 2.25. The van der Waals surface area contributed by atoms with Gasteiger partial charge in [-0.3, -0.25) is 9.59 Å². The van der Waals surface area contributed by atoms with Crippen molar-refractivity contribution in [1.82, 2.24) is 20.1 Å². The van der Waals surface area contributed by atoms with Gasteiger partial charge < -0.3 is 20.1 Å². The predicted molar refractivity (Wildman–Crippen MR) is 128 cm³/mol. The van der Waals surface area contributed by atoms with Crippen molar-refractivity contribution in [2.75, 3.05) is 13.2 Å². The number of aromatic amines is 1. The molecule has 3 N–H and O–H groups in total. The summed E-state index contributed by atoms with van der Waals surface area (Å²) >= 11 is 6.48. The highest BCUT2D eigenvalue weighted by Crippen LogP contribution is 2.35. The highest BCUT2D eigenvalue weighted by atomic mass is 35.5. The minimum Gasteiger partial charge on any atom is -0.503 e. The van der Waals surface area contributed by atoms with Crippen molar-refractivity contribution in [1.29, 1.82) is 0 Å². The van der Waals surface area contributed by atoms with E-state index in [1.807, 2.05) is 25.5 Å². The number of hydrogen-bond donors (Lipinski definition) is 3. The van der Waals surface area contributed by atoms with Crippen molar-refractivity contribution < 1.29 is 14.6 Å². The number of aromatic nitrogens is 3. The molecule has 8 nitrogen and oxygen atoms in total. The Bertz CT molecular complexity index is 1270. The lowest BCUT2D eigenvalue weighted by atomic mass is 9.95. The predicted octanol–water partition coefficient (Wildman–Crippen LogP) is 4.07. The minimum atomic E-state index is -0.510. The van der Waals surface area contributed by atoms with E-state index in [-0.39, 0.29) is 17.6 Å². The molecule has 2 aromatic heterocycles. The molecular formula is C24H29ClN4O4. The lowest BCUT2D eigenvalue weighted by Gasteiger charge is -2.23. The summed E-state index contributed by atoms with van der Waals surface area (Å²) in [6, 6.07) is 5.36. The Balaban J connectivity index is 1.78. The molecule has 9 heteroatoms. The van der Waals surface area contributed by atoms with Crippen LogP contribution in [0.1, 0.15) is 50.9 Å². The van der Waals surface area contributed by atoms with Crippen LogP contribution in [0.5, 0.6) is 5.75 Å². The molecule has 3 heterocycles. The van der Waals surface area contributed by atoms with Gasteiger partial charge in [0.05, 0.1) is 27.8 Å². The summed E-state index contributed by atoms with van der Waals surface area (Å²) < 4.78 is 7.30. The second kappa shape index (κ2) is 8.83. The quantitative estimate of drug-likeness (QED) is 0.530. The SMILES string of the molecule is Cc1nn(C2CCOCC2)c2[nH]c(-c3cc(CNC(=O)C(C)(C)C)ccc3Cl)c(O)c(=O)c12. The van der Waals surface area contributed by atoms with Gasteiger partial charge >= 0.3 is 0 Å². The number of amides is 1. The van der Waals surface area contributed by atoms with Crippen LogP contribution >= 0.6 is 11.6 Å². The Morgan fingerprint density at radius 3 is 2.70 bits per heavy atom. The highest BCUT2D eigenvalue weighted by molar-refractivity contribution is 6.33. The van der Waals surface area contributed by atoms with Crippen LogP contribution in [0.2, 0.25) is 5.02 Å². The normalized spacial score (nSPS) is 15.2. The number of aryl methyl sites for hydroxylation is 1. The number of carbonyl (C=O) groups excluding carboxylic acids is 1. The summed E-state index contributed by atoms with van der Waals surface area (Å²) in [5, 5.41) is 19.1. The summed E-state index contributed by atoms with van der Waals surface area (Å²) in [4.78, 5) is 28.6. The zero-order valence-electron chi connectivity index (χ0n) is 19.3. The third-order valence-electron chi connectivity index (χ3n) is 5.98. The van der Waals surface area contributed by atoms with Gasteiger partial charge in [0, 0.05) is 30.7 Å². The largest absolute Gasteiger partial charge is 0.503 e. The summed E-state index contributed by atoms with van der Waals surface area (Å²) in [7, 11) is 0. The molecule has 0 spiro atoms. The summed E-state index contributed by atoms with van der Waals surface area (Å²) in [5.74, 6) is -0.484. The molecule has 33 heavy (non-hydrogen) atoms. The number of carbonyl (C=O) groups is 1. The van der Waals surface area contributed by atoms with Crippen molar-refractivity contribution in [3.05, 3.63) is 44.7 Å². The lowest BCUT2D eigenvalue weighted by Crippen LogP contribution is -2.34. The molecular weight excluding hydrogens is 444 g/mol. The molecule has 0 unspecified atom stereocenters. The first kappa shape index (κ1) is 23.3. The van der Waals surface area contributed by atoms with Gasteiger partial charge in [0.15, 0.2) is 5.75 Å². The maximum absolute atomic E-state index is 13.1. The molecule has 1 saturated heterocycles. The maximum Gasteiger partial charge on any atom is 0.235 e. The number of hydrogen-bond acceptors (Lipinski definition) is 5. The molecule has 3 aromatic rings. The van der Waals surface area contributed by atoms with Crippen molar-refractivity contribution in [2.45, 2.75) is 53.1 Å². The molecule has 0 aliphatic carbocycles. The first-order chi connectivity index (χ1) is 15.6. The van der Waals surface area contributed by atoms with Crippen LogP contribution in [-0.4, -0.2) is 39.0 Å². The molecule has 1 aliphatic heterocycles. The van der Waals surface area contributed by atoms with E-state index in [2.05, 4.69) is 15.4 Å². The molecule has 1 aliphatic rings. The van der Waals surface area contributed by atoms with Crippen molar-refractivity contribution in [3.8, 4) is 17.0 Å². The molecule has 0 saturated carbocycles. The van der Waals surface area contributed by atoms with Gasteiger partial charge in [-0.1, -0.05) is 38.4 Å². The Kier molecular flexibility index (Phi) is 6.24. The first-order valence-corrected chi connectivity index (χ1v) is 11.4. The van der Waals surface area contributed by atoms with E-state index in [1.54, 1.807) is 25.1 Å². The van der Waals surface area contributed by atoms with Crippen LogP contribution in [0.4, 0.5) is 0 Å². The van der Waals surface area contributed by atoms with Gasteiger partial charge in [-0.05, 0) is 37.5 Å². The zero-order chi connectivity index (χ0) is 23.9. The van der Waals surface area contributed by atoms with Gasteiger partial charge in [0.1, 0.15) is 5.65 Å². The summed E-state index contributed by atoms with van der Waals surface area (Å²) in [6.07, 6.45) is 1.58. The van der Waals surface area contributed by atoms with E-state index in [0.717, 1.165) is 18.4 Å². The Morgan fingerprint density at radius 1 is 1.33 bits per heavy atom. The molecule has 1 amide bonds. The van der Waals surface area contributed by atoms with E-state index >= 15 is 0 Å². The van der Waals surface area contributed by atoms with E-state index in [4.69, 9.17) is 16.3 Å². The number of rotatable bonds is 4.